The van der Waals surface area contributed by atoms with Gasteiger partial charge in [0.05, 0.1) is 0 Å². The first-order valence-electron chi connectivity index (χ1n) is 5.18. The van der Waals surface area contributed by atoms with E-state index in [1.165, 1.54) is 12.3 Å². The van der Waals surface area contributed by atoms with E-state index in [9.17, 15) is 18.0 Å². The number of aromatic nitrogens is 2. The van der Waals surface area contributed by atoms with Crippen LogP contribution in [0.15, 0.2) is 35.1 Å². The van der Waals surface area contributed by atoms with E-state index in [1.54, 1.807) is 23.6 Å². The van der Waals surface area contributed by atoms with Crippen LogP contribution in [0.25, 0.3) is 11.3 Å². The van der Waals surface area contributed by atoms with Crippen LogP contribution in [-0.2, 0) is 0 Å². The predicted molar refractivity (Wildman–Crippen MR) is 58.1 cm³/mol. The maximum absolute atomic E-state index is 11.9. The Morgan fingerprint density at radius 2 is 2.21 bits per heavy atom. The summed E-state index contributed by atoms with van der Waals surface area (Å²) in [5.41, 5.74) is 0.923. The fraction of sp³-hybridized carbons (Fsp3) is 0.182. The highest BCUT2D eigenvalue weighted by Gasteiger charge is 2.28. The summed E-state index contributed by atoms with van der Waals surface area (Å²) in [5.74, 6) is -1.26. The first kappa shape index (κ1) is 13.1. The van der Waals surface area contributed by atoms with Crippen LogP contribution in [0.4, 0.5) is 13.2 Å². The zero-order valence-corrected chi connectivity index (χ0v) is 9.44. The molecule has 0 radical (unpaired) electrons. The molecule has 0 unspecified atom stereocenters. The van der Waals surface area contributed by atoms with Crippen molar-refractivity contribution in [3.63, 3.8) is 0 Å². The normalized spacial score (nSPS) is 11.3. The molecule has 2 rings (SSSR count). The van der Waals surface area contributed by atoms with Crippen molar-refractivity contribution < 1.29 is 22.5 Å². The summed E-state index contributed by atoms with van der Waals surface area (Å²) in [6, 6.07) is 4.60. The standard InChI is InChI=1S/C11H8F3N3O2/c12-11(13,14)6-16-10(18)9-4-8(17-19-9)7-2-1-3-15-5-7/h1-5H,6H2,(H,16,18). The molecule has 0 aliphatic rings. The number of hydrogen-bond donors (Lipinski definition) is 1. The van der Waals surface area contributed by atoms with Gasteiger partial charge in [-0.15, -0.1) is 0 Å². The molecule has 0 fully saturated rings. The monoisotopic (exact) mass is 271 g/mol. The summed E-state index contributed by atoms with van der Waals surface area (Å²) in [6.45, 7) is -1.42. The van der Waals surface area contributed by atoms with E-state index in [4.69, 9.17) is 0 Å². The van der Waals surface area contributed by atoms with Gasteiger partial charge < -0.3 is 9.84 Å². The Labute approximate surface area is 105 Å². The van der Waals surface area contributed by atoms with E-state index < -0.39 is 18.6 Å². The molecule has 0 aliphatic heterocycles. The van der Waals surface area contributed by atoms with Gasteiger partial charge >= 0.3 is 6.18 Å². The Bertz CT molecular complexity index is 566. The lowest BCUT2D eigenvalue weighted by Gasteiger charge is -2.05. The topological polar surface area (TPSA) is 68.0 Å². The van der Waals surface area contributed by atoms with Crippen LogP contribution in [0, 0.1) is 0 Å². The molecule has 100 valence electrons. The van der Waals surface area contributed by atoms with E-state index in [-0.39, 0.29) is 5.76 Å². The zero-order chi connectivity index (χ0) is 13.9. The average Bonchev–Trinajstić information content (AvgIpc) is 2.86. The molecule has 5 nitrogen and oxygen atoms in total. The Morgan fingerprint density at radius 3 is 2.84 bits per heavy atom. The fourth-order valence-electron chi connectivity index (χ4n) is 1.30. The third-order valence-electron chi connectivity index (χ3n) is 2.14. The Kier molecular flexibility index (Phi) is 3.50. The summed E-state index contributed by atoms with van der Waals surface area (Å²) in [5, 5.41) is 5.29. The molecular formula is C11H8F3N3O2. The molecule has 1 amide bonds. The lowest BCUT2D eigenvalue weighted by molar-refractivity contribution is -0.123. The van der Waals surface area contributed by atoms with Crippen molar-refractivity contribution in [2.45, 2.75) is 6.18 Å². The molecule has 0 saturated carbocycles. The molecule has 2 aromatic rings. The SMILES string of the molecule is O=C(NCC(F)(F)F)c1cc(-c2cccnc2)no1. The Hall–Kier alpha value is -2.38. The zero-order valence-electron chi connectivity index (χ0n) is 9.44. The second kappa shape index (κ2) is 5.09. The van der Waals surface area contributed by atoms with Crippen LogP contribution in [-0.4, -0.2) is 28.8 Å². The lowest BCUT2D eigenvalue weighted by Crippen LogP contribution is -2.33. The molecule has 1 N–H and O–H groups in total. The highest BCUT2D eigenvalue weighted by atomic mass is 19.4. The van der Waals surface area contributed by atoms with Crippen molar-refractivity contribution in [2.24, 2.45) is 0 Å². The first-order chi connectivity index (χ1) is 8.96. The smallest absolute Gasteiger partial charge is 0.350 e. The van der Waals surface area contributed by atoms with Crippen molar-refractivity contribution in [3.8, 4) is 11.3 Å². The molecule has 0 saturated heterocycles. The summed E-state index contributed by atoms with van der Waals surface area (Å²) in [4.78, 5) is 15.2. The van der Waals surface area contributed by atoms with Gasteiger partial charge in [-0.2, -0.15) is 13.2 Å². The number of nitrogens with one attached hydrogen (secondary N) is 1. The third kappa shape index (κ3) is 3.54. The number of halogens is 3. The maximum Gasteiger partial charge on any atom is 0.405 e. The number of hydrogen-bond acceptors (Lipinski definition) is 4. The van der Waals surface area contributed by atoms with Crippen LogP contribution in [0.3, 0.4) is 0 Å². The molecule has 8 heteroatoms. The molecule has 0 spiro atoms. The number of alkyl halides is 3. The largest absolute Gasteiger partial charge is 0.405 e. The van der Waals surface area contributed by atoms with Gasteiger partial charge in [0.1, 0.15) is 12.2 Å². The number of rotatable bonds is 3. The molecule has 19 heavy (non-hydrogen) atoms. The van der Waals surface area contributed by atoms with Gasteiger partial charge in [-0.1, -0.05) is 5.16 Å². The maximum atomic E-state index is 11.9. The summed E-state index contributed by atoms with van der Waals surface area (Å²) < 4.78 is 40.5. The first-order valence-corrected chi connectivity index (χ1v) is 5.18. The van der Waals surface area contributed by atoms with Crippen LogP contribution in [0.1, 0.15) is 10.6 Å². The molecule has 0 aromatic carbocycles. The predicted octanol–water partition coefficient (Wildman–Crippen LogP) is 2.03. The van der Waals surface area contributed by atoms with Crippen molar-refractivity contribution >= 4 is 5.91 Å². The van der Waals surface area contributed by atoms with Crippen molar-refractivity contribution in [1.29, 1.82) is 0 Å². The third-order valence-corrected chi connectivity index (χ3v) is 2.14. The van der Waals surface area contributed by atoms with Gasteiger partial charge in [0, 0.05) is 24.0 Å². The van der Waals surface area contributed by atoms with E-state index in [1.807, 2.05) is 0 Å². The number of pyridine rings is 1. The van der Waals surface area contributed by atoms with Crippen molar-refractivity contribution in [1.82, 2.24) is 15.5 Å². The fourth-order valence-corrected chi connectivity index (χ4v) is 1.30. The minimum atomic E-state index is -4.47. The summed E-state index contributed by atoms with van der Waals surface area (Å²) in [7, 11) is 0. The van der Waals surface area contributed by atoms with Crippen molar-refractivity contribution in [3.05, 3.63) is 36.4 Å². The van der Waals surface area contributed by atoms with E-state index >= 15 is 0 Å². The Balaban J connectivity index is 2.07. The average molecular weight is 271 g/mol. The Morgan fingerprint density at radius 1 is 1.42 bits per heavy atom. The van der Waals surface area contributed by atoms with Crippen LogP contribution < -0.4 is 5.32 Å². The molecule has 0 bridgehead atoms. The van der Waals surface area contributed by atoms with E-state index in [0.717, 1.165) is 0 Å². The van der Waals surface area contributed by atoms with Crippen molar-refractivity contribution in [2.75, 3.05) is 6.54 Å². The summed E-state index contributed by atoms with van der Waals surface area (Å²) >= 11 is 0. The second-order valence-electron chi connectivity index (χ2n) is 3.62. The molecule has 2 heterocycles. The lowest BCUT2D eigenvalue weighted by atomic mass is 10.2. The van der Waals surface area contributed by atoms with Gasteiger partial charge in [0.25, 0.3) is 5.91 Å². The van der Waals surface area contributed by atoms with Gasteiger partial charge in [0.2, 0.25) is 5.76 Å². The quantitative estimate of drug-likeness (QED) is 0.927. The van der Waals surface area contributed by atoms with Gasteiger partial charge in [-0.05, 0) is 12.1 Å². The molecule has 0 atom stereocenters. The highest BCUT2D eigenvalue weighted by Crippen LogP contribution is 2.18. The number of carbonyl (C=O) groups excluding carboxylic acids is 1. The van der Waals surface area contributed by atoms with Gasteiger partial charge in [-0.3, -0.25) is 9.78 Å². The minimum Gasteiger partial charge on any atom is -0.350 e. The highest BCUT2D eigenvalue weighted by molar-refractivity contribution is 5.92. The van der Waals surface area contributed by atoms with Crippen LogP contribution in [0.2, 0.25) is 0 Å². The molecule has 2 aromatic heterocycles. The number of carbonyl (C=O) groups is 1. The second-order valence-corrected chi connectivity index (χ2v) is 3.62. The van der Waals surface area contributed by atoms with Crippen LogP contribution >= 0.6 is 0 Å². The summed E-state index contributed by atoms with van der Waals surface area (Å²) in [6.07, 6.45) is -1.42. The number of amides is 1. The number of nitrogens with zero attached hydrogens (tertiary/aromatic N) is 2. The van der Waals surface area contributed by atoms with Gasteiger partial charge in [-0.25, -0.2) is 0 Å². The minimum absolute atomic E-state index is 0.289. The molecular weight excluding hydrogens is 263 g/mol. The van der Waals surface area contributed by atoms with E-state index in [0.29, 0.717) is 11.3 Å². The molecule has 0 aliphatic carbocycles. The van der Waals surface area contributed by atoms with E-state index in [2.05, 4.69) is 14.7 Å². The van der Waals surface area contributed by atoms with Crippen LogP contribution in [0.5, 0.6) is 0 Å². The van der Waals surface area contributed by atoms with Gasteiger partial charge in [0.15, 0.2) is 0 Å².